The molecular weight excluding hydrogens is 222 g/mol. The Hall–Kier alpha value is -0.240. The van der Waals surface area contributed by atoms with E-state index in [9.17, 15) is 10.2 Å². The van der Waals surface area contributed by atoms with Gasteiger partial charge in [0.1, 0.15) is 0 Å². The molecule has 0 aromatic carbocycles. The molecule has 0 saturated carbocycles. The van der Waals surface area contributed by atoms with Crippen LogP contribution in [0.25, 0.3) is 0 Å². The lowest BCUT2D eigenvalue weighted by Crippen LogP contribution is -2.45. The van der Waals surface area contributed by atoms with Crippen molar-refractivity contribution in [3.8, 4) is 0 Å². The quantitative estimate of drug-likeness (QED) is 0.479. The predicted molar refractivity (Wildman–Crippen MR) is 65.8 cm³/mol. The number of nitrogens with two attached hydrogens (primary N) is 1. The molecule has 0 amide bonds. The van der Waals surface area contributed by atoms with E-state index < -0.39 is 12.2 Å². The highest BCUT2D eigenvalue weighted by Crippen LogP contribution is 2.00. The summed E-state index contributed by atoms with van der Waals surface area (Å²) in [6.45, 7) is 5.21. The van der Waals surface area contributed by atoms with Crippen molar-refractivity contribution in [2.45, 2.75) is 12.2 Å². The van der Waals surface area contributed by atoms with Crippen LogP contribution < -0.4 is 5.73 Å². The second-order valence-electron chi connectivity index (χ2n) is 4.68. The molecule has 1 heterocycles. The summed E-state index contributed by atoms with van der Waals surface area (Å²) in [7, 11) is 1.88. The first-order chi connectivity index (χ1) is 8.11. The lowest BCUT2D eigenvalue weighted by atomic mass is 10.2. The molecule has 4 N–H and O–H groups in total. The van der Waals surface area contributed by atoms with Gasteiger partial charge >= 0.3 is 0 Å². The molecule has 1 saturated heterocycles. The minimum absolute atomic E-state index is 0.254. The summed E-state index contributed by atoms with van der Waals surface area (Å²) in [5.74, 6) is 0. The molecule has 0 aliphatic carbocycles. The Morgan fingerprint density at radius 3 is 2.41 bits per heavy atom. The van der Waals surface area contributed by atoms with Gasteiger partial charge in [-0.2, -0.15) is 0 Å². The third-order valence-electron chi connectivity index (χ3n) is 2.89. The first-order valence-electron chi connectivity index (χ1n) is 6.16. The summed E-state index contributed by atoms with van der Waals surface area (Å²) >= 11 is 0. The molecular formula is C11H25N3O3. The normalized spacial score (nSPS) is 21.7. The van der Waals surface area contributed by atoms with Crippen LogP contribution in [-0.2, 0) is 4.74 Å². The molecule has 0 radical (unpaired) electrons. The number of morpholine rings is 1. The van der Waals surface area contributed by atoms with Gasteiger partial charge in [0.25, 0.3) is 0 Å². The minimum atomic E-state index is -0.518. The molecule has 102 valence electrons. The summed E-state index contributed by atoms with van der Waals surface area (Å²) in [6, 6.07) is 0. The Labute approximate surface area is 103 Å². The lowest BCUT2D eigenvalue weighted by molar-refractivity contribution is 0.00601. The van der Waals surface area contributed by atoms with Crippen LogP contribution in [0.2, 0.25) is 0 Å². The van der Waals surface area contributed by atoms with Crippen molar-refractivity contribution >= 4 is 0 Å². The molecule has 1 aliphatic heterocycles. The van der Waals surface area contributed by atoms with E-state index in [4.69, 9.17) is 10.5 Å². The molecule has 2 atom stereocenters. The van der Waals surface area contributed by atoms with Gasteiger partial charge in [-0.3, -0.25) is 4.90 Å². The number of aliphatic hydroxyl groups is 2. The zero-order chi connectivity index (χ0) is 12.7. The van der Waals surface area contributed by atoms with E-state index >= 15 is 0 Å². The topological polar surface area (TPSA) is 82.2 Å². The van der Waals surface area contributed by atoms with Gasteiger partial charge in [0, 0.05) is 39.3 Å². The number of aliphatic hydroxyl groups excluding tert-OH is 2. The third-order valence-corrected chi connectivity index (χ3v) is 2.89. The Balaban J connectivity index is 2.16. The zero-order valence-electron chi connectivity index (χ0n) is 10.6. The molecule has 0 aromatic heterocycles. The number of β-amino-alcohol motifs (C(OH)–C–C–N with tert-alkyl or cyclic N) is 1. The summed E-state index contributed by atoms with van der Waals surface area (Å²) in [5.41, 5.74) is 5.34. The van der Waals surface area contributed by atoms with Gasteiger partial charge in [-0.15, -0.1) is 0 Å². The van der Waals surface area contributed by atoms with Gasteiger partial charge in [-0.1, -0.05) is 0 Å². The predicted octanol–water partition coefficient (Wildman–Crippen LogP) is -2.07. The summed E-state index contributed by atoms with van der Waals surface area (Å²) in [6.07, 6.45) is -0.918. The van der Waals surface area contributed by atoms with Crippen LogP contribution in [0, 0.1) is 0 Å². The van der Waals surface area contributed by atoms with Gasteiger partial charge < -0.3 is 25.6 Å². The fourth-order valence-corrected chi connectivity index (χ4v) is 2.01. The zero-order valence-corrected chi connectivity index (χ0v) is 10.6. The Kier molecular flexibility index (Phi) is 6.94. The fourth-order valence-electron chi connectivity index (χ4n) is 2.01. The van der Waals surface area contributed by atoms with Crippen LogP contribution in [-0.4, -0.2) is 91.8 Å². The van der Waals surface area contributed by atoms with E-state index in [-0.39, 0.29) is 6.54 Å². The van der Waals surface area contributed by atoms with Crippen LogP contribution in [0.4, 0.5) is 0 Å². The Morgan fingerprint density at radius 1 is 1.24 bits per heavy atom. The van der Waals surface area contributed by atoms with Crippen LogP contribution in [0.1, 0.15) is 0 Å². The second-order valence-corrected chi connectivity index (χ2v) is 4.68. The monoisotopic (exact) mass is 247 g/mol. The molecule has 1 rings (SSSR count). The van der Waals surface area contributed by atoms with Gasteiger partial charge in [-0.25, -0.2) is 0 Å². The number of ether oxygens (including phenoxy) is 1. The van der Waals surface area contributed by atoms with Gasteiger partial charge in [0.15, 0.2) is 0 Å². The van der Waals surface area contributed by atoms with Crippen molar-refractivity contribution in [3.05, 3.63) is 0 Å². The van der Waals surface area contributed by atoms with E-state index in [1.165, 1.54) is 0 Å². The highest BCUT2D eigenvalue weighted by molar-refractivity contribution is 4.71. The molecule has 1 aliphatic rings. The molecule has 0 aromatic rings. The summed E-state index contributed by atoms with van der Waals surface area (Å²) < 4.78 is 5.25. The third kappa shape index (κ3) is 6.30. The number of rotatable bonds is 7. The highest BCUT2D eigenvalue weighted by Gasteiger charge is 2.16. The highest BCUT2D eigenvalue weighted by atomic mass is 16.5. The standard InChI is InChI=1S/C11H25N3O3/c1-13(7-10(15)6-12)8-11(16)9-14-2-4-17-5-3-14/h10-11,15-16H,2-9,12H2,1H3/t10-,11-/m0/s1. The fraction of sp³-hybridized carbons (Fsp3) is 1.00. The number of likely N-dealkylation sites (N-methyl/N-ethyl adjacent to an activating group) is 1. The van der Waals surface area contributed by atoms with E-state index in [1.807, 2.05) is 11.9 Å². The molecule has 0 unspecified atom stereocenters. The van der Waals surface area contributed by atoms with Crippen LogP contribution in [0.5, 0.6) is 0 Å². The van der Waals surface area contributed by atoms with E-state index in [2.05, 4.69) is 4.90 Å². The maximum absolute atomic E-state index is 9.92. The van der Waals surface area contributed by atoms with Gasteiger partial charge in [0.2, 0.25) is 0 Å². The van der Waals surface area contributed by atoms with Crippen molar-refractivity contribution in [2.24, 2.45) is 5.73 Å². The SMILES string of the molecule is CN(C[C@@H](O)CN)C[C@H](O)CN1CCOCC1. The maximum atomic E-state index is 9.92. The number of hydrogen-bond donors (Lipinski definition) is 3. The van der Waals surface area contributed by atoms with Gasteiger partial charge in [0.05, 0.1) is 25.4 Å². The largest absolute Gasteiger partial charge is 0.390 e. The lowest BCUT2D eigenvalue weighted by Gasteiger charge is -2.30. The summed E-state index contributed by atoms with van der Waals surface area (Å²) in [4.78, 5) is 4.10. The van der Waals surface area contributed by atoms with Crippen LogP contribution in [0.3, 0.4) is 0 Å². The Morgan fingerprint density at radius 2 is 1.82 bits per heavy atom. The first-order valence-corrected chi connectivity index (χ1v) is 6.16. The van der Waals surface area contributed by atoms with E-state index in [1.54, 1.807) is 0 Å². The maximum Gasteiger partial charge on any atom is 0.0793 e. The van der Waals surface area contributed by atoms with Crippen molar-refractivity contribution < 1.29 is 14.9 Å². The first kappa shape index (κ1) is 14.8. The second kappa shape index (κ2) is 7.97. The molecule has 17 heavy (non-hydrogen) atoms. The molecule has 6 heteroatoms. The van der Waals surface area contributed by atoms with Crippen LogP contribution in [0.15, 0.2) is 0 Å². The minimum Gasteiger partial charge on any atom is -0.390 e. The smallest absolute Gasteiger partial charge is 0.0793 e. The molecule has 0 spiro atoms. The molecule has 0 bridgehead atoms. The van der Waals surface area contributed by atoms with Crippen molar-refractivity contribution in [3.63, 3.8) is 0 Å². The van der Waals surface area contributed by atoms with Crippen LogP contribution >= 0.6 is 0 Å². The molecule has 6 nitrogen and oxygen atoms in total. The van der Waals surface area contributed by atoms with E-state index in [0.29, 0.717) is 19.6 Å². The average Bonchev–Trinajstić information content (AvgIpc) is 2.29. The van der Waals surface area contributed by atoms with Crippen molar-refractivity contribution in [1.29, 1.82) is 0 Å². The van der Waals surface area contributed by atoms with Crippen molar-refractivity contribution in [1.82, 2.24) is 9.80 Å². The Bertz CT molecular complexity index is 200. The van der Waals surface area contributed by atoms with Crippen molar-refractivity contribution in [2.75, 3.05) is 59.5 Å². The summed E-state index contributed by atoms with van der Waals surface area (Å²) in [5, 5.41) is 19.3. The van der Waals surface area contributed by atoms with E-state index in [0.717, 1.165) is 26.3 Å². The number of hydrogen-bond acceptors (Lipinski definition) is 6. The molecule has 1 fully saturated rings. The van der Waals surface area contributed by atoms with Gasteiger partial charge in [-0.05, 0) is 7.05 Å². The number of nitrogens with zero attached hydrogens (tertiary/aromatic N) is 2. The average molecular weight is 247 g/mol.